The maximum absolute atomic E-state index is 13.1. The van der Waals surface area contributed by atoms with Crippen LogP contribution in [0.25, 0.3) is 0 Å². The second-order valence-corrected chi connectivity index (χ2v) is 8.53. The molecule has 2 atom stereocenters. The number of nitrogens with one attached hydrogen (secondary N) is 1. The van der Waals surface area contributed by atoms with Crippen LogP contribution < -0.4 is 19.9 Å². The fourth-order valence-electron chi connectivity index (χ4n) is 4.78. The van der Waals surface area contributed by atoms with Gasteiger partial charge in [0.2, 0.25) is 5.91 Å². The minimum Gasteiger partial charge on any atom is -0.497 e. The summed E-state index contributed by atoms with van der Waals surface area (Å²) in [5, 5.41) is 3.25. The zero-order chi connectivity index (χ0) is 19.8. The van der Waals surface area contributed by atoms with Gasteiger partial charge >= 0.3 is 0 Å². The van der Waals surface area contributed by atoms with Crippen LogP contribution in [0.2, 0.25) is 0 Å². The van der Waals surface area contributed by atoms with Gasteiger partial charge in [-0.05, 0) is 61.1 Å². The monoisotopic (exact) mass is 391 g/mol. The summed E-state index contributed by atoms with van der Waals surface area (Å²) in [6, 6.07) is 17.0. The average Bonchev–Trinajstić information content (AvgIpc) is 3.61. The number of nitrogens with zero attached hydrogens (tertiary/aromatic N) is 2. The van der Waals surface area contributed by atoms with E-state index < -0.39 is 0 Å². The van der Waals surface area contributed by atoms with Crippen LogP contribution in [0.1, 0.15) is 18.4 Å². The van der Waals surface area contributed by atoms with Gasteiger partial charge in [-0.25, -0.2) is 0 Å². The lowest BCUT2D eigenvalue weighted by molar-refractivity contribution is -0.125. The summed E-state index contributed by atoms with van der Waals surface area (Å²) in [6.07, 6.45) is 3.34. The Labute approximate surface area is 172 Å². The molecule has 5 nitrogen and oxygen atoms in total. The highest BCUT2D eigenvalue weighted by molar-refractivity contribution is 5.82. The standard InChI is InChI=1S/C24H29N3O2/c1-29-20-10-8-19(9-11-20)26-12-13-27-22-5-3-2-4-18(22)14-21(23(27)16-26)24(28)25-15-17-6-7-17/h2-5,8-11,17,21,23H,6-7,12-16H2,1H3,(H,25,28). The van der Waals surface area contributed by atoms with Crippen LogP contribution in [0.4, 0.5) is 11.4 Å². The van der Waals surface area contributed by atoms with Crippen LogP contribution in [0.5, 0.6) is 5.75 Å². The fraction of sp³-hybridized carbons (Fsp3) is 0.458. The van der Waals surface area contributed by atoms with Crippen molar-refractivity contribution in [1.29, 1.82) is 0 Å². The minimum atomic E-state index is -0.00954. The summed E-state index contributed by atoms with van der Waals surface area (Å²) in [5.41, 5.74) is 3.80. The van der Waals surface area contributed by atoms with Gasteiger partial charge in [-0.2, -0.15) is 0 Å². The largest absolute Gasteiger partial charge is 0.497 e. The molecular formula is C24H29N3O2. The molecule has 29 heavy (non-hydrogen) atoms. The van der Waals surface area contributed by atoms with E-state index in [1.807, 2.05) is 12.1 Å². The topological polar surface area (TPSA) is 44.8 Å². The van der Waals surface area contributed by atoms with Crippen molar-refractivity contribution in [3.05, 3.63) is 54.1 Å². The first-order chi connectivity index (χ1) is 14.2. The van der Waals surface area contributed by atoms with Crippen molar-refractivity contribution < 1.29 is 9.53 Å². The number of carbonyl (C=O) groups is 1. The van der Waals surface area contributed by atoms with E-state index in [0.29, 0.717) is 5.92 Å². The number of amides is 1. The Bertz CT molecular complexity index is 878. The molecule has 0 radical (unpaired) electrons. The normalized spacial score (nSPS) is 23.2. The van der Waals surface area contributed by atoms with E-state index >= 15 is 0 Å². The average molecular weight is 392 g/mol. The lowest BCUT2D eigenvalue weighted by atomic mass is 9.83. The highest BCUT2D eigenvalue weighted by Gasteiger charge is 2.41. The molecule has 0 bridgehead atoms. The van der Waals surface area contributed by atoms with E-state index in [1.165, 1.54) is 29.8 Å². The maximum atomic E-state index is 13.1. The third-order valence-electron chi connectivity index (χ3n) is 6.66. The smallest absolute Gasteiger partial charge is 0.225 e. The molecule has 0 aromatic heterocycles. The number of hydrogen-bond donors (Lipinski definition) is 1. The highest BCUT2D eigenvalue weighted by Crippen LogP contribution is 2.37. The number of anilines is 2. The Morgan fingerprint density at radius 2 is 1.90 bits per heavy atom. The van der Waals surface area contributed by atoms with Crippen LogP contribution in [-0.2, 0) is 11.2 Å². The van der Waals surface area contributed by atoms with Crippen molar-refractivity contribution in [2.24, 2.45) is 11.8 Å². The summed E-state index contributed by atoms with van der Waals surface area (Å²) in [5.74, 6) is 1.78. The van der Waals surface area contributed by atoms with Crippen molar-refractivity contribution >= 4 is 17.3 Å². The zero-order valence-electron chi connectivity index (χ0n) is 17.0. The van der Waals surface area contributed by atoms with Gasteiger partial charge in [-0.15, -0.1) is 0 Å². The molecule has 2 aromatic carbocycles. The third-order valence-corrected chi connectivity index (χ3v) is 6.66. The van der Waals surface area contributed by atoms with Gasteiger partial charge in [0.25, 0.3) is 0 Å². The first-order valence-corrected chi connectivity index (χ1v) is 10.7. The second-order valence-electron chi connectivity index (χ2n) is 8.53. The molecule has 5 rings (SSSR count). The van der Waals surface area contributed by atoms with E-state index in [9.17, 15) is 4.79 Å². The number of piperazine rings is 1. The summed E-state index contributed by atoms with van der Waals surface area (Å²) < 4.78 is 5.30. The van der Waals surface area contributed by atoms with E-state index in [2.05, 4.69) is 51.5 Å². The molecule has 1 saturated carbocycles. The number of carbonyl (C=O) groups excluding carboxylic acids is 1. The Kier molecular flexibility index (Phi) is 4.82. The first kappa shape index (κ1) is 18.3. The van der Waals surface area contributed by atoms with Crippen molar-refractivity contribution in [3.63, 3.8) is 0 Å². The number of para-hydroxylation sites is 1. The molecule has 1 amide bonds. The summed E-state index contributed by atoms with van der Waals surface area (Å²) in [4.78, 5) is 18.0. The van der Waals surface area contributed by atoms with Crippen molar-refractivity contribution in [3.8, 4) is 5.75 Å². The Hall–Kier alpha value is -2.69. The van der Waals surface area contributed by atoms with E-state index in [-0.39, 0.29) is 17.9 Å². The lowest BCUT2D eigenvalue weighted by Crippen LogP contribution is -2.61. The molecular weight excluding hydrogens is 362 g/mol. The van der Waals surface area contributed by atoms with Crippen LogP contribution in [0.3, 0.4) is 0 Å². The van der Waals surface area contributed by atoms with Gasteiger partial charge in [0.1, 0.15) is 5.75 Å². The van der Waals surface area contributed by atoms with E-state index in [1.54, 1.807) is 7.11 Å². The van der Waals surface area contributed by atoms with E-state index in [0.717, 1.165) is 38.3 Å². The molecule has 5 heteroatoms. The molecule has 1 N–H and O–H groups in total. The molecule has 2 heterocycles. The second kappa shape index (κ2) is 7.62. The fourth-order valence-corrected chi connectivity index (χ4v) is 4.78. The predicted octanol–water partition coefficient (Wildman–Crippen LogP) is 3.09. The third kappa shape index (κ3) is 3.66. The summed E-state index contributed by atoms with van der Waals surface area (Å²) >= 11 is 0. The molecule has 2 aromatic rings. The lowest BCUT2D eigenvalue weighted by Gasteiger charge is -2.49. The number of hydrogen-bond acceptors (Lipinski definition) is 4. The number of benzene rings is 2. The van der Waals surface area contributed by atoms with Crippen LogP contribution in [0, 0.1) is 11.8 Å². The molecule has 2 fully saturated rings. The molecule has 1 aliphatic carbocycles. The first-order valence-electron chi connectivity index (χ1n) is 10.7. The Morgan fingerprint density at radius 3 is 2.66 bits per heavy atom. The van der Waals surface area contributed by atoms with E-state index in [4.69, 9.17) is 4.74 Å². The predicted molar refractivity (Wildman–Crippen MR) is 116 cm³/mol. The number of methoxy groups -OCH3 is 1. The van der Waals surface area contributed by atoms with Crippen LogP contribution in [-0.4, -0.2) is 45.2 Å². The van der Waals surface area contributed by atoms with Crippen molar-refractivity contribution in [2.75, 3.05) is 43.1 Å². The molecule has 3 aliphatic rings. The van der Waals surface area contributed by atoms with Gasteiger partial charge in [-0.1, -0.05) is 18.2 Å². The van der Waals surface area contributed by atoms with Crippen LogP contribution >= 0.6 is 0 Å². The maximum Gasteiger partial charge on any atom is 0.225 e. The zero-order valence-corrected chi connectivity index (χ0v) is 17.0. The molecule has 2 aliphatic heterocycles. The minimum absolute atomic E-state index is 0.00954. The van der Waals surface area contributed by atoms with Crippen molar-refractivity contribution in [1.82, 2.24) is 5.32 Å². The Balaban J connectivity index is 1.39. The number of rotatable bonds is 5. The van der Waals surface area contributed by atoms with Crippen LogP contribution in [0.15, 0.2) is 48.5 Å². The molecule has 2 unspecified atom stereocenters. The molecule has 0 spiro atoms. The van der Waals surface area contributed by atoms with Crippen molar-refractivity contribution in [2.45, 2.75) is 25.3 Å². The molecule has 1 saturated heterocycles. The van der Waals surface area contributed by atoms with Gasteiger partial charge in [0.15, 0.2) is 0 Å². The number of fused-ring (bicyclic) bond motifs is 3. The quantitative estimate of drug-likeness (QED) is 0.851. The number of ether oxygens (including phenoxy) is 1. The highest BCUT2D eigenvalue weighted by atomic mass is 16.5. The molecule has 152 valence electrons. The summed E-state index contributed by atoms with van der Waals surface area (Å²) in [6.45, 7) is 3.59. The van der Waals surface area contributed by atoms with Gasteiger partial charge in [0.05, 0.1) is 19.1 Å². The van der Waals surface area contributed by atoms with Gasteiger partial charge < -0.3 is 19.9 Å². The van der Waals surface area contributed by atoms with Gasteiger partial charge in [0, 0.05) is 37.6 Å². The SMILES string of the molecule is COc1ccc(N2CCN3c4ccccc4CC(C(=O)NCC4CC4)C3C2)cc1. The Morgan fingerprint density at radius 1 is 1.10 bits per heavy atom. The summed E-state index contributed by atoms with van der Waals surface area (Å²) in [7, 11) is 1.69. The van der Waals surface area contributed by atoms with Gasteiger partial charge in [-0.3, -0.25) is 4.79 Å².